The number of anilines is 1. The lowest BCUT2D eigenvalue weighted by Crippen LogP contribution is -2.18. The number of carbonyl (C=O) groups excluding carboxylic acids is 1. The zero-order chi connectivity index (χ0) is 14.6. The molecular weight excluding hydrogens is 248 g/mol. The van der Waals surface area contributed by atoms with Crippen LogP contribution in [0.5, 0.6) is 0 Å². The number of non-ortho nitro benzene ring substituents is 1. The molecular formula is C13H18N2O4. The third kappa shape index (κ3) is 4.24. The Morgan fingerprint density at radius 2 is 2.05 bits per heavy atom. The fourth-order valence-electron chi connectivity index (χ4n) is 1.81. The predicted molar refractivity (Wildman–Crippen MR) is 71.8 cm³/mol. The smallest absolute Gasteiger partial charge is 0.340 e. The summed E-state index contributed by atoms with van der Waals surface area (Å²) in [5.41, 5.74) is 5.69. The van der Waals surface area contributed by atoms with Gasteiger partial charge >= 0.3 is 5.97 Å². The van der Waals surface area contributed by atoms with Gasteiger partial charge in [-0.25, -0.2) is 4.79 Å². The van der Waals surface area contributed by atoms with Crippen LogP contribution in [0.2, 0.25) is 0 Å². The molecule has 0 aliphatic rings. The first-order chi connectivity index (χ1) is 8.81. The zero-order valence-corrected chi connectivity index (χ0v) is 11.3. The summed E-state index contributed by atoms with van der Waals surface area (Å²) in [5.74, 6) is -0.141. The number of carbonyl (C=O) groups is 1. The van der Waals surface area contributed by atoms with E-state index in [-0.39, 0.29) is 23.0 Å². The van der Waals surface area contributed by atoms with Crippen molar-refractivity contribution in [2.24, 2.45) is 5.92 Å². The van der Waals surface area contributed by atoms with Gasteiger partial charge in [-0.1, -0.05) is 13.8 Å². The Hall–Kier alpha value is -2.11. The molecule has 1 aromatic carbocycles. The Balaban J connectivity index is 2.80. The van der Waals surface area contributed by atoms with Gasteiger partial charge in [0.15, 0.2) is 0 Å². The van der Waals surface area contributed by atoms with Crippen molar-refractivity contribution < 1.29 is 14.5 Å². The first kappa shape index (κ1) is 14.9. The number of esters is 1. The Kier molecular flexibility index (Phi) is 4.86. The second-order valence-electron chi connectivity index (χ2n) is 4.87. The van der Waals surface area contributed by atoms with E-state index in [1.807, 2.05) is 13.8 Å². The quantitative estimate of drug-likeness (QED) is 0.382. The SMILES string of the molecule is CC(C)CC(C)OC(=O)c1ccc([N+](=O)[O-])cc1N. The average molecular weight is 266 g/mol. The maximum absolute atomic E-state index is 11.9. The molecule has 0 heterocycles. The second kappa shape index (κ2) is 6.17. The molecule has 0 bridgehead atoms. The van der Waals surface area contributed by atoms with Crippen LogP contribution in [0.4, 0.5) is 11.4 Å². The lowest BCUT2D eigenvalue weighted by atomic mass is 10.1. The van der Waals surface area contributed by atoms with Gasteiger partial charge in [-0.15, -0.1) is 0 Å². The summed E-state index contributed by atoms with van der Waals surface area (Å²) in [7, 11) is 0. The minimum atomic E-state index is -0.563. The summed E-state index contributed by atoms with van der Waals surface area (Å²) in [6, 6.07) is 3.71. The van der Waals surface area contributed by atoms with E-state index in [1.54, 1.807) is 6.92 Å². The summed E-state index contributed by atoms with van der Waals surface area (Å²) in [6.07, 6.45) is 0.528. The molecule has 1 rings (SSSR count). The van der Waals surface area contributed by atoms with Crippen molar-refractivity contribution in [3.8, 4) is 0 Å². The molecule has 0 aromatic heterocycles. The summed E-state index contributed by atoms with van der Waals surface area (Å²) >= 11 is 0. The van der Waals surface area contributed by atoms with Crippen LogP contribution in [0.15, 0.2) is 18.2 Å². The number of hydrogen-bond acceptors (Lipinski definition) is 5. The molecule has 6 heteroatoms. The van der Waals surface area contributed by atoms with Gasteiger partial charge in [-0.05, 0) is 25.3 Å². The van der Waals surface area contributed by atoms with Crippen molar-refractivity contribution in [3.63, 3.8) is 0 Å². The van der Waals surface area contributed by atoms with Crippen LogP contribution in [-0.4, -0.2) is 17.0 Å². The maximum atomic E-state index is 11.9. The maximum Gasteiger partial charge on any atom is 0.340 e. The highest BCUT2D eigenvalue weighted by Gasteiger charge is 2.18. The fraction of sp³-hybridized carbons (Fsp3) is 0.462. The molecule has 104 valence electrons. The van der Waals surface area contributed by atoms with Gasteiger partial charge in [0.2, 0.25) is 0 Å². The van der Waals surface area contributed by atoms with Gasteiger partial charge in [0, 0.05) is 12.1 Å². The number of nitro benzene ring substituents is 1. The van der Waals surface area contributed by atoms with Crippen LogP contribution in [0.1, 0.15) is 37.6 Å². The largest absolute Gasteiger partial charge is 0.459 e. The number of ether oxygens (including phenoxy) is 1. The highest BCUT2D eigenvalue weighted by atomic mass is 16.6. The van der Waals surface area contributed by atoms with E-state index >= 15 is 0 Å². The van der Waals surface area contributed by atoms with Crippen molar-refractivity contribution in [2.45, 2.75) is 33.3 Å². The molecule has 19 heavy (non-hydrogen) atoms. The van der Waals surface area contributed by atoms with Crippen molar-refractivity contribution in [1.82, 2.24) is 0 Å². The van der Waals surface area contributed by atoms with E-state index < -0.39 is 10.9 Å². The van der Waals surface area contributed by atoms with Crippen molar-refractivity contribution in [2.75, 3.05) is 5.73 Å². The average Bonchev–Trinajstić information content (AvgIpc) is 2.26. The molecule has 0 spiro atoms. The Morgan fingerprint density at radius 1 is 1.42 bits per heavy atom. The lowest BCUT2D eigenvalue weighted by Gasteiger charge is -2.15. The monoisotopic (exact) mass is 266 g/mol. The highest BCUT2D eigenvalue weighted by molar-refractivity contribution is 5.95. The number of nitrogens with zero attached hydrogens (tertiary/aromatic N) is 1. The predicted octanol–water partition coefficient (Wildman–Crippen LogP) is 2.77. The van der Waals surface area contributed by atoms with E-state index in [2.05, 4.69) is 0 Å². The Labute approximate surface area is 111 Å². The number of nitrogens with two attached hydrogens (primary N) is 1. The second-order valence-corrected chi connectivity index (χ2v) is 4.87. The van der Waals surface area contributed by atoms with Crippen LogP contribution in [0.25, 0.3) is 0 Å². The van der Waals surface area contributed by atoms with E-state index in [9.17, 15) is 14.9 Å². The molecule has 0 aliphatic heterocycles. The van der Waals surface area contributed by atoms with Crippen molar-refractivity contribution in [3.05, 3.63) is 33.9 Å². The number of nitro groups is 1. The molecule has 0 radical (unpaired) electrons. The standard InChI is InChI=1S/C13H18N2O4/c1-8(2)6-9(3)19-13(16)11-5-4-10(15(17)18)7-12(11)14/h4-5,7-9H,6,14H2,1-3H3. The number of nitrogen functional groups attached to an aromatic ring is 1. The number of rotatable bonds is 5. The van der Waals surface area contributed by atoms with Crippen LogP contribution in [0.3, 0.4) is 0 Å². The van der Waals surface area contributed by atoms with Crippen LogP contribution in [-0.2, 0) is 4.74 Å². The van der Waals surface area contributed by atoms with E-state index in [4.69, 9.17) is 10.5 Å². The van der Waals surface area contributed by atoms with Gasteiger partial charge in [0.05, 0.1) is 22.3 Å². The molecule has 2 N–H and O–H groups in total. The zero-order valence-electron chi connectivity index (χ0n) is 11.3. The number of benzene rings is 1. The van der Waals surface area contributed by atoms with Crippen molar-refractivity contribution >= 4 is 17.3 Å². The molecule has 0 fully saturated rings. The molecule has 0 saturated heterocycles. The molecule has 1 atom stereocenters. The van der Waals surface area contributed by atoms with Gasteiger partial charge in [0.1, 0.15) is 0 Å². The van der Waals surface area contributed by atoms with Crippen molar-refractivity contribution in [1.29, 1.82) is 0 Å². The summed E-state index contributed by atoms with van der Waals surface area (Å²) in [6.45, 7) is 5.87. The molecule has 6 nitrogen and oxygen atoms in total. The third-order valence-electron chi connectivity index (χ3n) is 2.58. The minimum absolute atomic E-state index is 0.0518. The molecule has 1 unspecified atom stereocenters. The first-order valence-corrected chi connectivity index (χ1v) is 6.06. The molecule has 0 saturated carbocycles. The first-order valence-electron chi connectivity index (χ1n) is 6.06. The van der Waals surface area contributed by atoms with Gasteiger partial charge < -0.3 is 10.5 Å². The minimum Gasteiger partial charge on any atom is -0.459 e. The molecule has 0 aliphatic carbocycles. The topological polar surface area (TPSA) is 95.5 Å². The summed E-state index contributed by atoms with van der Waals surface area (Å²) in [5, 5.41) is 10.6. The van der Waals surface area contributed by atoms with E-state index in [0.717, 1.165) is 12.5 Å². The lowest BCUT2D eigenvalue weighted by molar-refractivity contribution is -0.384. The summed E-state index contributed by atoms with van der Waals surface area (Å²) < 4.78 is 5.24. The van der Waals surface area contributed by atoms with E-state index in [1.165, 1.54) is 12.1 Å². The van der Waals surface area contributed by atoms with Gasteiger partial charge in [0.25, 0.3) is 5.69 Å². The van der Waals surface area contributed by atoms with Crippen LogP contribution >= 0.6 is 0 Å². The van der Waals surface area contributed by atoms with Crippen LogP contribution < -0.4 is 5.73 Å². The molecule has 1 aromatic rings. The highest BCUT2D eigenvalue weighted by Crippen LogP contribution is 2.21. The van der Waals surface area contributed by atoms with E-state index in [0.29, 0.717) is 5.92 Å². The Morgan fingerprint density at radius 3 is 2.53 bits per heavy atom. The molecule has 0 amide bonds. The normalized spacial score (nSPS) is 12.2. The van der Waals surface area contributed by atoms with Crippen LogP contribution in [0, 0.1) is 16.0 Å². The van der Waals surface area contributed by atoms with Gasteiger partial charge in [-0.2, -0.15) is 0 Å². The fourth-order valence-corrected chi connectivity index (χ4v) is 1.81. The third-order valence-corrected chi connectivity index (χ3v) is 2.58. The van der Waals surface area contributed by atoms with Gasteiger partial charge in [-0.3, -0.25) is 10.1 Å². The number of hydrogen-bond donors (Lipinski definition) is 1. The Bertz CT molecular complexity index is 486. The summed E-state index contributed by atoms with van der Waals surface area (Å²) in [4.78, 5) is 21.9.